The van der Waals surface area contributed by atoms with Crippen molar-refractivity contribution in [2.75, 3.05) is 19.8 Å². The molecular weight excluding hydrogens is 589 g/mol. The average Bonchev–Trinajstić information content (AvgIpc) is 2.95. The zero-order valence-corrected chi connectivity index (χ0v) is 25.8. The van der Waals surface area contributed by atoms with Crippen LogP contribution in [-0.2, 0) is 21.0 Å². The van der Waals surface area contributed by atoms with E-state index in [0.29, 0.717) is 19.8 Å². The highest BCUT2D eigenvalue weighted by atomic mass is 32.2. The number of hydrogen-bond acceptors (Lipinski definition) is 6. The molecule has 0 spiro atoms. The Hall–Kier alpha value is -2.89. The fraction of sp³-hybridized carbons (Fsp3) is 0.419. The largest absolute Gasteiger partial charge is 0.741 e. The third-order valence-electron chi connectivity index (χ3n) is 5.72. The summed E-state index contributed by atoms with van der Waals surface area (Å²) in [6.45, 7) is 8.60. The summed E-state index contributed by atoms with van der Waals surface area (Å²) in [5.41, 5.74) is -5.65. The van der Waals surface area contributed by atoms with E-state index in [1.165, 1.54) is 9.79 Å². The molecular formula is C31H39F3O6S2. The summed E-state index contributed by atoms with van der Waals surface area (Å²) >= 11 is 0. The second kappa shape index (κ2) is 17.9. The fourth-order valence-electron chi connectivity index (χ4n) is 3.52. The van der Waals surface area contributed by atoms with Crippen LogP contribution < -0.4 is 14.2 Å². The molecule has 42 heavy (non-hydrogen) atoms. The molecule has 0 aliphatic rings. The van der Waals surface area contributed by atoms with E-state index in [-0.39, 0.29) is 10.9 Å². The molecule has 0 heterocycles. The highest BCUT2D eigenvalue weighted by Crippen LogP contribution is 2.45. The lowest BCUT2D eigenvalue weighted by atomic mass is 10.2. The molecule has 0 N–H and O–H groups in total. The van der Waals surface area contributed by atoms with Crippen LogP contribution in [0.2, 0.25) is 0 Å². The molecule has 0 bridgehead atoms. The summed E-state index contributed by atoms with van der Waals surface area (Å²) < 4.78 is 77.9. The van der Waals surface area contributed by atoms with Crippen molar-refractivity contribution in [1.82, 2.24) is 0 Å². The van der Waals surface area contributed by atoms with Gasteiger partial charge in [0.25, 0.3) is 0 Å². The quantitative estimate of drug-likeness (QED) is 0.0728. The van der Waals surface area contributed by atoms with Crippen LogP contribution >= 0.6 is 0 Å². The van der Waals surface area contributed by atoms with Gasteiger partial charge in [-0.3, -0.25) is 0 Å². The number of unbranched alkanes of at least 4 members (excludes halogenated alkanes) is 3. The molecule has 0 unspecified atom stereocenters. The average molecular weight is 629 g/mol. The SMILES string of the molecule is CCCCOc1cc(OCCCC)c([S+](c2ccccc2)c2ccccc2)c(OCCCC)c1.O=S(=O)([O-])C(F)(F)F. The Kier molecular flexibility index (Phi) is 15.1. The van der Waals surface area contributed by atoms with Gasteiger partial charge in [0.2, 0.25) is 4.90 Å². The standard InChI is InChI=1S/C30H39O3S.CHF3O3S/c1-4-7-20-31-25-23-28(32-21-8-5-2)30(29(24-25)33-22-9-6-3)34(26-16-12-10-13-17-26)27-18-14-11-15-19-27;2-1(3,4)8(5,6)7/h10-19,23-24H,4-9,20-22H2,1-3H3;(H,5,6,7)/q+1;/p-1. The minimum absolute atomic E-state index is 0.370. The maximum Gasteiger partial charge on any atom is 0.485 e. The highest BCUT2D eigenvalue weighted by molar-refractivity contribution is 7.97. The third kappa shape index (κ3) is 11.4. The number of hydrogen-bond donors (Lipinski definition) is 0. The minimum Gasteiger partial charge on any atom is -0.741 e. The molecule has 0 aromatic heterocycles. The summed E-state index contributed by atoms with van der Waals surface area (Å²) in [6, 6.07) is 25.5. The Bertz CT molecular complexity index is 1220. The predicted molar refractivity (Wildman–Crippen MR) is 158 cm³/mol. The first-order valence-corrected chi connectivity index (χ1v) is 16.6. The Labute approximate surface area is 250 Å². The topological polar surface area (TPSA) is 84.9 Å². The van der Waals surface area contributed by atoms with Gasteiger partial charge in [0.15, 0.2) is 31.4 Å². The van der Waals surface area contributed by atoms with E-state index in [4.69, 9.17) is 27.2 Å². The Morgan fingerprint density at radius 1 is 0.690 bits per heavy atom. The molecule has 0 saturated heterocycles. The van der Waals surface area contributed by atoms with Crippen LogP contribution in [0.5, 0.6) is 17.2 Å². The zero-order chi connectivity index (χ0) is 31.0. The smallest absolute Gasteiger partial charge is 0.485 e. The van der Waals surface area contributed by atoms with Crippen LogP contribution in [0.3, 0.4) is 0 Å². The van der Waals surface area contributed by atoms with Crippen LogP contribution in [0.1, 0.15) is 59.3 Å². The second-order valence-electron chi connectivity index (χ2n) is 9.19. The van der Waals surface area contributed by atoms with Crippen LogP contribution in [0, 0.1) is 0 Å². The van der Waals surface area contributed by atoms with Crippen molar-refractivity contribution in [3.63, 3.8) is 0 Å². The van der Waals surface area contributed by atoms with Gasteiger partial charge in [-0.2, -0.15) is 13.2 Å². The number of benzene rings is 3. The summed E-state index contributed by atoms with van der Waals surface area (Å²) in [5.74, 6) is 2.55. The zero-order valence-electron chi connectivity index (χ0n) is 24.2. The number of ether oxygens (including phenoxy) is 3. The Balaban J connectivity index is 0.000000675. The van der Waals surface area contributed by atoms with Gasteiger partial charge in [-0.15, -0.1) is 0 Å². The molecule has 0 amide bonds. The van der Waals surface area contributed by atoms with Crippen molar-refractivity contribution in [3.8, 4) is 17.2 Å². The lowest BCUT2D eigenvalue weighted by Crippen LogP contribution is -2.21. The van der Waals surface area contributed by atoms with Crippen molar-refractivity contribution < 1.29 is 40.4 Å². The summed E-state index contributed by atoms with van der Waals surface area (Å²) in [4.78, 5) is 3.59. The van der Waals surface area contributed by atoms with Crippen molar-refractivity contribution in [2.45, 2.75) is 79.5 Å². The lowest BCUT2D eigenvalue weighted by Gasteiger charge is -2.18. The monoisotopic (exact) mass is 628 g/mol. The molecule has 3 aromatic carbocycles. The van der Waals surface area contributed by atoms with Crippen LogP contribution in [0.25, 0.3) is 0 Å². The first-order chi connectivity index (χ1) is 20.0. The van der Waals surface area contributed by atoms with Crippen molar-refractivity contribution in [2.24, 2.45) is 0 Å². The van der Waals surface area contributed by atoms with E-state index in [1.807, 2.05) is 0 Å². The van der Waals surface area contributed by atoms with Crippen LogP contribution in [0.4, 0.5) is 13.2 Å². The minimum atomic E-state index is -6.09. The molecule has 0 saturated carbocycles. The summed E-state index contributed by atoms with van der Waals surface area (Å²) in [6.07, 6.45) is 6.32. The molecule has 3 rings (SSSR count). The predicted octanol–water partition coefficient (Wildman–Crippen LogP) is 8.37. The molecule has 232 valence electrons. The molecule has 0 fully saturated rings. The first kappa shape index (κ1) is 35.3. The molecule has 0 aliphatic carbocycles. The number of halogens is 3. The second-order valence-corrected chi connectivity index (χ2v) is 12.5. The molecule has 0 aliphatic heterocycles. The number of alkyl halides is 3. The van der Waals surface area contributed by atoms with Gasteiger partial charge in [0.05, 0.1) is 19.8 Å². The maximum atomic E-state index is 10.7. The van der Waals surface area contributed by atoms with Gasteiger partial charge in [-0.25, -0.2) is 8.42 Å². The fourth-order valence-corrected chi connectivity index (χ4v) is 5.76. The number of rotatable bonds is 15. The van der Waals surface area contributed by atoms with E-state index in [9.17, 15) is 13.2 Å². The summed E-state index contributed by atoms with van der Waals surface area (Å²) in [5, 5.41) is 0. The Morgan fingerprint density at radius 3 is 1.38 bits per heavy atom. The van der Waals surface area contributed by atoms with Crippen molar-refractivity contribution in [1.29, 1.82) is 0 Å². The van der Waals surface area contributed by atoms with Gasteiger partial charge >= 0.3 is 5.51 Å². The van der Waals surface area contributed by atoms with Gasteiger partial charge in [-0.1, -0.05) is 76.4 Å². The van der Waals surface area contributed by atoms with Crippen LogP contribution in [-0.4, -0.2) is 38.3 Å². The maximum absolute atomic E-state index is 10.7. The van der Waals surface area contributed by atoms with Crippen molar-refractivity contribution >= 4 is 21.0 Å². The highest BCUT2D eigenvalue weighted by Gasteiger charge is 2.37. The van der Waals surface area contributed by atoms with E-state index < -0.39 is 15.6 Å². The lowest BCUT2D eigenvalue weighted by molar-refractivity contribution is -0.0517. The van der Waals surface area contributed by atoms with E-state index in [2.05, 4.69) is 93.6 Å². The molecule has 6 nitrogen and oxygen atoms in total. The van der Waals surface area contributed by atoms with E-state index in [0.717, 1.165) is 60.7 Å². The molecule has 0 atom stereocenters. The van der Waals surface area contributed by atoms with Gasteiger partial charge in [0, 0.05) is 12.1 Å². The molecule has 11 heteroatoms. The molecule has 3 aromatic rings. The van der Waals surface area contributed by atoms with Gasteiger partial charge in [0.1, 0.15) is 16.6 Å². The van der Waals surface area contributed by atoms with Crippen LogP contribution in [0.15, 0.2) is 87.5 Å². The third-order valence-corrected chi connectivity index (χ3v) is 8.58. The first-order valence-electron chi connectivity index (χ1n) is 14.0. The van der Waals surface area contributed by atoms with E-state index >= 15 is 0 Å². The van der Waals surface area contributed by atoms with Gasteiger partial charge < -0.3 is 18.8 Å². The Morgan fingerprint density at radius 2 is 1.05 bits per heavy atom. The normalized spacial score (nSPS) is 11.5. The molecule has 0 radical (unpaired) electrons. The van der Waals surface area contributed by atoms with Gasteiger partial charge in [-0.05, 0) is 43.5 Å². The summed E-state index contributed by atoms with van der Waals surface area (Å²) in [7, 11) is -6.46. The van der Waals surface area contributed by atoms with Crippen molar-refractivity contribution in [3.05, 3.63) is 72.8 Å². The van der Waals surface area contributed by atoms with E-state index in [1.54, 1.807) is 0 Å².